The van der Waals surface area contributed by atoms with Crippen molar-refractivity contribution in [2.75, 3.05) is 19.0 Å². The predicted octanol–water partition coefficient (Wildman–Crippen LogP) is 1.47. The highest BCUT2D eigenvalue weighted by Crippen LogP contribution is 2.09. The molecular formula is C15H20N4O2S. The topological polar surface area (TPSA) is 75.2 Å². The molecule has 0 fully saturated rings. The summed E-state index contributed by atoms with van der Waals surface area (Å²) in [5.74, 6) is 0.524. The molecule has 1 N–H and O–H groups in total. The number of nitrogens with zero attached hydrogens (tertiary/aromatic N) is 3. The fraction of sp³-hybridized carbons (Fsp3) is 0.333. The summed E-state index contributed by atoms with van der Waals surface area (Å²) < 4.78 is 26.8. The largest absolute Gasteiger partial charge is 0.347 e. The van der Waals surface area contributed by atoms with Crippen molar-refractivity contribution in [1.29, 1.82) is 0 Å². The van der Waals surface area contributed by atoms with E-state index in [4.69, 9.17) is 0 Å². The monoisotopic (exact) mass is 320 g/mol. The third-order valence-corrected chi connectivity index (χ3v) is 4.27. The smallest absolute Gasteiger partial charge is 0.225 e. The van der Waals surface area contributed by atoms with E-state index in [1.165, 1.54) is 0 Å². The lowest BCUT2D eigenvalue weighted by Crippen LogP contribution is -2.25. The van der Waals surface area contributed by atoms with Gasteiger partial charge in [0.2, 0.25) is 16.0 Å². The molecule has 0 aliphatic carbocycles. The van der Waals surface area contributed by atoms with Crippen LogP contribution in [-0.2, 0) is 22.3 Å². The van der Waals surface area contributed by atoms with E-state index in [1.54, 1.807) is 23.1 Å². The van der Waals surface area contributed by atoms with Gasteiger partial charge in [-0.1, -0.05) is 30.3 Å². The average Bonchev–Trinajstić information content (AvgIpc) is 2.45. The number of aryl methyl sites for hydroxylation is 1. The summed E-state index contributed by atoms with van der Waals surface area (Å²) in [4.78, 5) is 10.4. The van der Waals surface area contributed by atoms with Crippen molar-refractivity contribution in [3.05, 3.63) is 53.3 Å². The first-order valence-corrected chi connectivity index (χ1v) is 8.54. The summed E-state index contributed by atoms with van der Waals surface area (Å²) in [5.41, 5.74) is 2.20. The Hall–Kier alpha value is -1.99. The summed E-state index contributed by atoms with van der Waals surface area (Å²) in [6, 6.07) is 10.9. The molecule has 0 saturated heterocycles. The van der Waals surface area contributed by atoms with Crippen LogP contribution in [0.5, 0.6) is 0 Å². The Morgan fingerprint density at radius 3 is 2.45 bits per heavy atom. The molecule has 1 heterocycles. The molecule has 0 aliphatic rings. The molecule has 0 atom stereocenters. The second-order valence-corrected chi connectivity index (χ2v) is 7.07. The Bertz CT molecular complexity index is 730. The Kier molecular flexibility index (Phi) is 5.10. The summed E-state index contributed by atoms with van der Waals surface area (Å²) in [6.07, 6.45) is 0. The Morgan fingerprint density at radius 1 is 1.14 bits per heavy atom. The molecule has 1 aromatic heterocycles. The van der Waals surface area contributed by atoms with Gasteiger partial charge in [-0.05, 0) is 18.6 Å². The molecule has 0 aliphatic heterocycles. The van der Waals surface area contributed by atoms with Crippen LogP contribution in [0.4, 0.5) is 5.95 Å². The molecule has 0 radical (unpaired) electrons. The molecular weight excluding hydrogens is 300 g/mol. The number of benzene rings is 1. The van der Waals surface area contributed by atoms with Crippen LogP contribution in [0.1, 0.15) is 17.0 Å². The molecule has 2 aromatic rings. The minimum atomic E-state index is -3.40. The highest BCUT2D eigenvalue weighted by atomic mass is 32.2. The summed E-state index contributed by atoms with van der Waals surface area (Å²) in [7, 11) is 0.288. The van der Waals surface area contributed by atoms with Gasteiger partial charge in [0.15, 0.2) is 0 Å². The zero-order chi connectivity index (χ0) is 16.2. The normalized spacial score (nSPS) is 11.4. The summed E-state index contributed by atoms with van der Waals surface area (Å²) in [6.45, 7) is 2.01. The lowest BCUT2D eigenvalue weighted by molar-refractivity contribution is 0.579. The third-order valence-electron chi connectivity index (χ3n) is 2.97. The fourth-order valence-electron chi connectivity index (χ4n) is 1.94. The molecule has 6 nitrogen and oxygen atoms in total. The van der Waals surface area contributed by atoms with E-state index in [-0.39, 0.29) is 12.3 Å². The van der Waals surface area contributed by atoms with Gasteiger partial charge in [-0.25, -0.2) is 23.1 Å². The highest BCUT2D eigenvalue weighted by molar-refractivity contribution is 7.88. The van der Waals surface area contributed by atoms with Crippen molar-refractivity contribution in [3.8, 4) is 0 Å². The lowest BCUT2D eigenvalue weighted by atomic mass is 10.2. The summed E-state index contributed by atoms with van der Waals surface area (Å²) in [5, 5.41) is 0. The molecule has 0 unspecified atom stereocenters. The Balaban J connectivity index is 2.06. The van der Waals surface area contributed by atoms with Crippen molar-refractivity contribution in [3.63, 3.8) is 0 Å². The van der Waals surface area contributed by atoms with E-state index in [1.807, 2.05) is 39.2 Å². The van der Waals surface area contributed by atoms with E-state index in [0.29, 0.717) is 11.6 Å². The maximum Gasteiger partial charge on any atom is 0.225 e. The highest BCUT2D eigenvalue weighted by Gasteiger charge is 2.12. The van der Waals surface area contributed by atoms with Gasteiger partial charge >= 0.3 is 0 Å². The second kappa shape index (κ2) is 6.85. The number of hydrogen-bond acceptors (Lipinski definition) is 5. The van der Waals surface area contributed by atoms with Gasteiger partial charge in [-0.3, -0.25) is 0 Å². The maximum atomic E-state index is 12.1. The zero-order valence-corrected chi connectivity index (χ0v) is 13.8. The number of aromatic nitrogens is 2. The summed E-state index contributed by atoms with van der Waals surface area (Å²) >= 11 is 0. The zero-order valence-electron chi connectivity index (χ0n) is 12.9. The van der Waals surface area contributed by atoms with E-state index in [2.05, 4.69) is 14.7 Å². The Morgan fingerprint density at radius 2 is 1.82 bits per heavy atom. The molecule has 22 heavy (non-hydrogen) atoms. The van der Waals surface area contributed by atoms with Crippen molar-refractivity contribution in [1.82, 2.24) is 14.7 Å². The lowest BCUT2D eigenvalue weighted by Gasteiger charge is -2.13. The van der Waals surface area contributed by atoms with Crippen molar-refractivity contribution in [2.24, 2.45) is 0 Å². The minimum absolute atomic E-state index is 0.0432. The molecule has 0 amide bonds. The van der Waals surface area contributed by atoms with Gasteiger partial charge in [-0.15, -0.1) is 0 Å². The van der Waals surface area contributed by atoms with Crippen LogP contribution in [0.15, 0.2) is 36.4 Å². The van der Waals surface area contributed by atoms with E-state index >= 15 is 0 Å². The van der Waals surface area contributed by atoms with Crippen LogP contribution in [0.3, 0.4) is 0 Å². The predicted molar refractivity (Wildman–Crippen MR) is 87.0 cm³/mol. The third kappa shape index (κ3) is 4.78. The van der Waals surface area contributed by atoms with Crippen LogP contribution in [0.2, 0.25) is 0 Å². The molecule has 0 bridgehead atoms. The molecule has 118 valence electrons. The van der Waals surface area contributed by atoms with Crippen LogP contribution in [0, 0.1) is 6.92 Å². The number of anilines is 1. The first-order valence-electron chi connectivity index (χ1n) is 6.89. The molecule has 0 saturated carbocycles. The molecule has 0 spiro atoms. The van der Waals surface area contributed by atoms with Crippen LogP contribution in [0.25, 0.3) is 0 Å². The van der Waals surface area contributed by atoms with Crippen LogP contribution < -0.4 is 9.62 Å². The van der Waals surface area contributed by atoms with Gasteiger partial charge in [-0.2, -0.15) is 0 Å². The van der Waals surface area contributed by atoms with Gasteiger partial charge in [0, 0.05) is 19.8 Å². The van der Waals surface area contributed by atoms with Gasteiger partial charge in [0.1, 0.15) is 0 Å². The minimum Gasteiger partial charge on any atom is -0.347 e. The second-order valence-electron chi connectivity index (χ2n) is 5.26. The quantitative estimate of drug-likeness (QED) is 0.872. The maximum absolute atomic E-state index is 12.1. The number of rotatable bonds is 6. The standard InChI is InChI=1S/C15H20N4O2S/c1-12-9-14(18-15(17-12)19(2)3)10-16-22(20,21)11-13-7-5-4-6-8-13/h4-9,16H,10-11H2,1-3H3. The number of hydrogen-bond donors (Lipinski definition) is 1. The number of nitrogens with one attached hydrogen (secondary N) is 1. The van der Waals surface area contributed by atoms with E-state index < -0.39 is 10.0 Å². The van der Waals surface area contributed by atoms with Crippen LogP contribution in [-0.4, -0.2) is 32.5 Å². The van der Waals surface area contributed by atoms with Crippen molar-refractivity contribution < 1.29 is 8.42 Å². The van der Waals surface area contributed by atoms with Crippen molar-refractivity contribution in [2.45, 2.75) is 19.2 Å². The fourth-order valence-corrected chi connectivity index (χ4v) is 3.04. The van der Waals surface area contributed by atoms with E-state index in [9.17, 15) is 8.42 Å². The molecule has 2 rings (SSSR count). The number of sulfonamides is 1. The first kappa shape index (κ1) is 16.4. The molecule has 1 aromatic carbocycles. The van der Waals surface area contributed by atoms with Gasteiger partial charge in [0.25, 0.3) is 0 Å². The Labute approximate surface area is 131 Å². The van der Waals surface area contributed by atoms with Crippen LogP contribution >= 0.6 is 0 Å². The SMILES string of the molecule is Cc1cc(CNS(=O)(=O)Cc2ccccc2)nc(N(C)C)n1. The molecule has 7 heteroatoms. The van der Waals surface area contributed by atoms with Gasteiger partial charge < -0.3 is 4.90 Å². The van der Waals surface area contributed by atoms with Crippen molar-refractivity contribution >= 4 is 16.0 Å². The average molecular weight is 320 g/mol. The first-order chi connectivity index (χ1) is 10.4. The van der Waals surface area contributed by atoms with Gasteiger partial charge in [0.05, 0.1) is 18.0 Å². The van der Waals surface area contributed by atoms with E-state index in [0.717, 1.165) is 11.3 Å².